The highest BCUT2D eigenvalue weighted by atomic mass is 16.5. The van der Waals surface area contributed by atoms with Crippen molar-refractivity contribution < 1.29 is 9.47 Å². The zero-order valence-electron chi connectivity index (χ0n) is 15.7. The van der Waals surface area contributed by atoms with E-state index in [9.17, 15) is 0 Å². The molecular formula is C21H27N3O2. The van der Waals surface area contributed by atoms with Crippen molar-refractivity contribution in [1.29, 1.82) is 0 Å². The Bertz CT molecular complexity index is 808. The summed E-state index contributed by atoms with van der Waals surface area (Å²) >= 11 is 0. The van der Waals surface area contributed by atoms with E-state index in [4.69, 9.17) is 15.2 Å². The van der Waals surface area contributed by atoms with Crippen molar-refractivity contribution in [3.8, 4) is 11.5 Å². The summed E-state index contributed by atoms with van der Waals surface area (Å²) in [5, 5.41) is 0. The van der Waals surface area contributed by atoms with Crippen molar-refractivity contribution >= 4 is 0 Å². The normalized spacial score (nSPS) is 25.3. The molecule has 2 aliphatic heterocycles. The third-order valence-corrected chi connectivity index (χ3v) is 5.87. The quantitative estimate of drug-likeness (QED) is 0.919. The summed E-state index contributed by atoms with van der Waals surface area (Å²) in [5.74, 6) is 1.89. The van der Waals surface area contributed by atoms with Crippen LogP contribution in [0, 0.1) is 6.92 Å². The van der Waals surface area contributed by atoms with E-state index >= 15 is 0 Å². The minimum Gasteiger partial charge on any atom is -0.493 e. The number of piperidine rings is 1. The number of hydrogen-bond donors (Lipinski definition) is 1. The Hall–Kier alpha value is -2.11. The first-order chi connectivity index (χ1) is 12.6. The highest BCUT2D eigenvalue weighted by Crippen LogP contribution is 2.43. The second kappa shape index (κ2) is 6.89. The zero-order valence-corrected chi connectivity index (χ0v) is 15.7. The fourth-order valence-corrected chi connectivity index (χ4v) is 4.46. The Kier molecular flexibility index (Phi) is 4.59. The molecule has 0 amide bonds. The number of aryl methyl sites for hydroxylation is 1. The lowest BCUT2D eigenvalue weighted by Crippen LogP contribution is -2.50. The molecular weight excluding hydrogens is 326 g/mol. The van der Waals surface area contributed by atoms with Crippen molar-refractivity contribution in [3.63, 3.8) is 0 Å². The summed E-state index contributed by atoms with van der Waals surface area (Å²) in [6.07, 6.45) is 3.85. The Morgan fingerprint density at radius 2 is 1.92 bits per heavy atom. The maximum Gasteiger partial charge on any atom is 0.161 e. The molecule has 5 nitrogen and oxygen atoms in total. The van der Waals surface area contributed by atoms with Crippen LogP contribution < -0.4 is 15.2 Å². The van der Waals surface area contributed by atoms with Crippen molar-refractivity contribution in [2.45, 2.75) is 37.8 Å². The molecule has 1 aromatic heterocycles. The number of nitrogens with two attached hydrogens (primary N) is 1. The van der Waals surface area contributed by atoms with Gasteiger partial charge in [0.1, 0.15) is 0 Å². The van der Waals surface area contributed by atoms with Crippen molar-refractivity contribution in [3.05, 3.63) is 52.8 Å². The third-order valence-electron chi connectivity index (χ3n) is 5.87. The summed E-state index contributed by atoms with van der Waals surface area (Å²) in [4.78, 5) is 7.16. The molecule has 0 bridgehead atoms. The van der Waals surface area contributed by atoms with Gasteiger partial charge in [-0.2, -0.15) is 0 Å². The molecule has 1 saturated heterocycles. The van der Waals surface area contributed by atoms with Gasteiger partial charge >= 0.3 is 0 Å². The van der Waals surface area contributed by atoms with E-state index < -0.39 is 0 Å². The van der Waals surface area contributed by atoms with E-state index in [0.717, 1.165) is 43.1 Å². The summed E-state index contributed by atoms with van der Waals surface area (Å²) in [6, 6.07) is 8.93. The molecule has 3 heterocycles. The summed E-state index contributed by atoms with van der Waals surface area (Å²) in [5.41, 5.74) is 11.7. The number of hydrogen-bond acceptors (Lipinski definition) is 5. The molecule has 1 aromatic carbocycles. The molecule has 0 radical (unpaired) electrons. The van der Waals surface area contributed by atoms with Crippen molar-refractivity contribution in [2.75, 3.05) is 27.3 Å². The summed E-state index contributed by atoms with van der Waals surface area (Å²) in [7, 11) is 3.38. The lowest BCUT2D eigenvalue weighted by Gasteiger charge is -2.46. The lowest BCUT2D eigenvalue weighted by atomic mass is 9.79. The molecule has 138 valence electrons. The van der Waals surface area contributed by atoms with E-state index in [1.54, 1.807) is 14.2 Å². The smallest absolute Gasteiger partial charge is 0.161 e. The highest BCUT2D eigenvalue weighted by Gasteiger charge is 2.39. The van der Waals surface area contributed by atoms with Crippen LogP contribution in [0.2, 0.25) is 0 Å². The molecule has 4 rings (SSSR count). The van der Waals surface area contributed by atoms with Crippen LogP contribution in [0.4, 0.5) is 0 Å². The molecule has 2 aromatic rings. The van der Waals surface area contributed by atoms with Gasteiger partial charge in [0.2, 0.25) is 0 Å². The van der Waals surface area contributed by atoms with Crippen LogP contribution >= 0.6 is 0 Å². The van der Waals surface area contributed by atoms with Gasteiger partial charge in [0.05, 0.1) is 14.2 Å². The van der Waals surface area contributed by atoms with Gasteiger partial charge in [0, 0.05) is 43.0 Å². The molecule has 0 spiro atoms. The van der Waals surface area contributed by atoms with Gasteiger partial charge in [-0.3, -0.25) is 9.88 Å². The second-order valence-electron chi connectivity index (χ2n) is 7.43. The van der Waals surface area contributed by atoms with Crippen molar-refractivity contribution in [2.24, 2.45) is 5.73 Å². The first-order valence-corrected chi connectivity index (χ1v) is 9.27. The topological polar surface area (TPSA) is 60.6 Å². The Morgan fingerprint density at radius 1 is 1.15 bits per heavy atom. The fourth-order valence-electron chi connectivity index (χ4n) is 4.46. The Labute approximate surface area is 155 Å². The first kappa shape index (κ1) is 17.3. The monoisotopic (exact) mass is 353 g/mol. The average Bonchev–Trinajstić information content (AvgIpc) is 2.66. The van der Waals surface area contributed by atoms with Gasteiger partial charge in [-0.25, -0.2) is 0 Å². The number of aromatic nitrogens is 1. The minimum absolute atomic E-state index is 0.101. The number of benzene rings is 1. The van der Waals surface area contributed by atoms with E-state index in [-0.39, 0.29) is 12.0 Å². The largest absolute Gasteiger partial charge is 0.493 e. The molecule has 0 aliphatic carbocycles. The Morgan fingerprint density at radius 3 is 2.65 bits per heavy atom. The van der Waals surface area contributed by atoms with Crippen molar-refractivity contribution in [1.82, 2.24) is 9.88 Å². The van der Waals surface area contributed by atoms with Crippen LogP contribution in [0.25, 0.3) is 0 Å². The van der Waals surface area contributed by atoms with Gasteiger partial charge in [-0.05, 0) is 60.7 Å². The number of nitrogens with zero attached hydrogens (tertiary/aromatic N) is 2. The SMILES string of the molecule is COc1cc2c(cc1OC)C1C[C@H](N)[C@H](c3cc(C)ccn3)CN1CC2. The Balaban J connectivity index is 1.64. The summed E-state index contributed by atoms with van der Waals surface area (Å²) < 4.78 is 11.0. The van der Waals surface area contributed by atoms with Crippen LogP contribution in [0.15, 0.2) is 30.5 Å². The lowest BCUT2D eigenvalue weighted by molar-refractivity contribution is 0.108. The number of pyridine rings is 1. The van der Waals surface area contributed by atoms with Gasteiger partial charge in [0.25, 0.3) is 0 Å². The standard InChI is InChI=1S/C21H27N3O2/c1-13-4-6-23-18(8-13)16-12-24-7-5-14-9-20(25-2)21(26-3)10-15(14)19(24)11-17(16)22/h4,6,8-10,16-17,19H,5,7,11-12,22H2,1-3H3/t16-,17+,19?/m1/s1. The molecule has 2 N–H and O–H groups in total. The van der Waals surface area contributed by atoms with E-state index in [1.165, 1.54) is 16.7 Å². The summed E-state index contributed by atoms with van der Waals surface area (Å²) in [6.45, 7) is 4.11. The van der Waals surface area contributed by atoms with Crippen LogP contribution in [0.5, 0.6) is 11.5 Å². The molecule has 1 unspecified atom stereocenters. The highest BCUT2D eigenvalue weighted by molar-refractivity contribution is 5.49. The number of fused-ring (bicyclic) bond motifs is 3. The maximum atomic E-state index is 6.63. The predicted molar refractivity (Wildman–Crippen MR) is 102 cm³/mol. The van der Waals surface area contributed by atoms with Gasteiger partial charge in [-0.1, -0.05) is 0 Å². The van der Waals surface area contributed by atoms with Gasteiger partial charge < -0.3 is 15.2 Å². The molecule has 26 heavy (non-hydrogen) atoms. The third kappa shape index (κ3) is 2.95. The van der Waals surface area contributed by atoms with E-state index in [0.29, 0.717) is 6.04 Å². The van der Waals surface area contributed by atoms with Crippen LogP contribution in [0.3, 0.4) is 0 Å². The molecule has 5 heteroatoms. The van der Waals surface area contributed by atoms with Gasteiger partial charge in [0.15, 0.2) is 11.5 Å². The molecule has 0 saturated carbocycles. The fraction of sp³-hybridized carbons (Fsp3) is 0.476. The van der Waals surface area contributed by atoms with Crippen LogP contribution in [0.1, 0.15) is 40.8 Å². The van der Waals surface area contributed by atoms with Crippen LogP contribution in [-0.2, 0) is 6.42 Å². The molecule has 2 aliphatic rings. The number of ether oxygens (including phenoxy) is 2. The average molecular weight is 353 g/mol. The zero-order chi connectivity index (χ0) is 18.3. The van der Waals surface area contributed by atoms with E-state index in [2.05, 4.69) is 35.0 Å². The van der Waals surface area contributed by atoms with Crippen LogP contribution in [-0.4, -0.2) is 43.2 Å². The maximum absolute atomic E-state index is 6.63. The molecule has 1 fully saturated rings. The van der Waals surface area contributed by atoms with Gasteiger partial charge in [-0.15, -0.1) is 0 Å². The van der Waals surface area contributed by atoms with E-state index in [1.807, 2.05) is 12.3 Å². The molecule has 3 atom stereocenters. The predicted octanol–water partition coefficient (Wildman–Crippen LogP) is 2.82. The number of rotatable bonds is 3. The minimum atomic E-state index is 0.101. The second-order valence-corrected chi connectivity index (χ2v) is 7.43. The first-order valence-electron chi connectivity index (χ1n) is 9.27. The number of methoxy groups -OCH3 is 2.